The third-order valence-corrected chi connectivity index (χ3v) is 6.97. The molecule has 6 aromatic heterocycles. The molecule has 0 saturated heterocycles. The highest BCUT2D eigenvalue weighted by Gasteiger charge is 2.16. The standard InChI is InChI=1S/C27H23N7OS/c1-2-3-6-24(35)31-18-10-16(13-28-15-18)17-11-20-25(33-34-27(20)30-14-17)22-12-19-21(32-22)7-8-29-26(19)23-5-4-9-36-23/h4-5,7-15,32H,2-3,6H2,1H3,(H,31,35)(H,30,33,34). The lowest BCUT2D eigenvalue weighted by molar-refractivity contribution is -0.116. The van der Waals surface area contributed by atoms with Crippen molar-refractivity contribution in [1.82, 2.24) is 30.1 Å². The molecular formula is C27H23N7OS. The van der Waals surface area contributed by atoms with Crippen LogP contribution in [0, 0.1) is 0 Å². The first-order chi connectivity index (χ1) is 17.7. The fraction of sp³-hybridized carbons (Fsp3) is 0.148. The first-order valence-electron chi connectivity index (χ1n) is 11.8. The predicted octanol–water partition coefficient (Wildman–Crippen LogP) is 6.42. The molecule has 0 radical (unpaired) electrons. The second-order valence-electron chi connectivity index (χ2n) is 8.59. The zero-order valence-corrected chi connectivity index (χ0v) is 20.4. The van der Waals surface area contributed by atoms with E-state index in [4.69, 9.17) is 0 Å². The normalized spacial score (nSPS) is 11.4. The highest BCUT2D eigenvalue weighted by atomic mass is 32.1. The molecule has 0 fully saturated rings. The van der Waals surface area contributed by atoms with E-state index in [1.807, 2.05) is 30.5 Å². The number of hydrogen-bond acceptors (Lipinski definition) is 6. The Morgan fingerprint density at radius 3 is 2.83 bits per heavy atom. The van der Waals surface area contributed by atoms with Crippen LogP contribution < -0.4 is 5.32 Å². The second-order valence-corrected chi connectivity index (χ2v) is 9.54. The smallest absolute Gasteiger partial charge is 0.224 e. The number of fused-ring (bicyclic) bond motifs is 2. The molecule has 6 heterocycles. The van der Waals surface area contributed by atoms with Gasteiger partial charge in [0.1, 0.15) is 0 Å². The molecule has 0 saturated carbocycles. The molecule has 9 heteroatoms. The minimum absolute atomic E-state index is 0.00304. The van der Waals surface area contributed by atoms with Crippen molar-refractivity contribution in [3.8, 4) is 33.1 Å². The molecule has 0 atom stereocenters. The predicted molar refractivity (Wildman–Crippen MR) is 144 cm³/mol. The molecule has 8 nitrogen and oxygen atoms in total. The number of unbranched alkanes of at least 4 members (excludes halogenated alkanes) is 1. The molecule has 6 rings (SSSR count). The van der Waals surface area contributed by atoms with Crippen molar-refractivity contribution in [1.29, 1.82) is 0 Å². The van der Waals surface area contributed by atoms with Gasteiger partial charge in [-0.05, 0) is 42.1 Å². The topological polar surface area (TPSA) is 112 Å². The number of nitrogens with zero attached hydrogens (tertiary/aromatic N) is 4. The van der Waals surface area contributed by atoms with Gasteiger partial charge in [0, 0.05) is 52.4 Å². The van der Waals surface area contributed by atoms with E-state index in [0.29, 0.717) is 17.8 Å². The summed E-state index contributed by atoms with van der Waals surface area (Å²) >= 11 is 1.67. The summed E-state index contributed by atoms with van der Waals surface area (Å²) in [7, 11) is 0. The number of amides is 1. The van der Waals surface area contributed by atoms with E-state index in [1.54, 1.807) is 29.9 Å². The summed E-state index contributed by atoms with van der Waals surface area (Å²) in [5, 5.41) is 14.5. The number of rotatable bonds is 7. The van der Waals surface area contributed by atoms with Gasteiger partial charge in [-0.3, -0.25) is 19.9 Å². The summed E-state index contributed by atoms with van der Waals surface area (Å²) in [5.41, 5.74) is 6.77. The highest BCUT2D eigenvalue weighted by Crippen LogP contribution is 2.35. The molecule has 0 unspecified atom stereocenters. The molecule has 0 spiro atoms. The highest BCUT2D eigenvalue weighted by molar-refractivity contribution is 7.13. The van der Waals surface area contributed by atoms with E-state index in [1.165, 1.54) is 0 Å². The molecule has 0 bridgehead atoms. The third kappa shape index (κ3) is 4.14. The maximum absolute atomic E-state index is 12.2. The van der Waals surface area contributed by atoms with Crippen molar-refractivity contribution in [3.05, 3.63) is 66.6 Å². The Hall–Kier alpha value is -4.37. The number of anilines is 1. The van der Waals surface area contributed by atoms with Crippen LogP contribution in [0.1, 0.15) is 26.2 Å². The van der Waals surface area contributed by atoms with Crippen molar-refractivity contribution < 1.29 is 4.79 Å². The molecule has 0 aliphatic carbocycles. The van der Waals surface area contributed by atoms with Gasteiger partial charge in [-0.25, -0.2) is 4.98 Å². The van der Waals surface area contributed by atoms with Crippen molar-refractivity contribution in [3.63, 3.8) is 0 Å². The quantitative estimate of drug-likeness (QED) is 0.237. The van der Waals surface area contributed by atoms with Gasteiger partial charge >= 0.3 is 0 Å². The Balaban J connectivity index is 1.37. The number of carbonyl (C=O) groups is 1. The van der Waals surface area contributed by atoms with Gasteiger partial charge in [-0.15, -0.1) is 11.3 Å². The monoisotopic (exact) mass is 493 g/mol. The number of hydrogen-bond donors (Lipinski definition) is 3. The number of nitrogens with one attached hydrogen (secondary N) is 3. The van der Waals surface area contributed by atoms with Gasteiger partial charge in [-0.1, -0.05) is 19.4 Å². The van der Waals surface area contributed by atoms with Crippen LogP contribution in [-0.4, -0.2) is 36.0 Å². The van der Waals surface area contributed by atoms with E-state index >= 15 is 0 Å². The first-order valence-corrected chi connectivity index (χ1v) is 12.7. The summed E-state index contributed by atoms with van der Waals surface area (Å²) < 4.78 is 0. The zero-order chi connectivity index (χ0) is 24.5. The maximum atomic E-state index is 12.2. The Bertz CT molecular complexity index is 1680. The van der Waals surface area contributed by atoms with Crippen molar-refractivity contribution >= 4 is 44.9 Å². The second kappa shape index (κ2) is 9.35. The summed E-state index contributed by atoms with van der Waals surface area (Å²) in [4.78, 5) is 30.3. The largest absolute Gasteiger partial charge is 0.353 e. The van der Waals surface area contributed by atoms with Crippen LogP contribution in [-0.2, 0) is 4.79 Å². The fourth-order valence-corrected chi connectivity index (χ4v) is 5.02. The summed E-state index contributed by atoms with van der Waals surface area (Å²) in [6.07, 6.45) is 9.37. The molecule has 178 valence electrons. The Kier molecular flexibility index (Phi) is 5.74. The van der Waals surface area contributed by atoms with Gasteiger partial charge < -0.3 is 10.3 Å². The van der Waals surface area contributed by atoms with Gasteiger partial charge in [0.05, 0.1) is 33.8 Å². The van der Waals surface area contributed by atoms with E-state index in [2.05, 4.69) is 59.9 Å². The minimum atomic E-state index is -0.00304. The van der Waals surface area contributed by atoms with Crippen LogP contribution >= 0.6 is 11.3 Å². The minimum Gasteiger partial charge on any atom is -0.353 e. The Morgan fingerprint density at radius 1 is 1.06 bits per heavy atom. The van der Waals surface area contributed by atoms with Gasteiger partial charge in [0.15, 0.2) is 5.65 Å². The average Bonchev–Trinajstić information content (AvgIpc) is 3.66. The van der Waals surface area contributed by atoms with E-state index in [-0.39, 0.29) is 5.91 Å². The molecule has 1 amide bonds. The summed E-state index contributed by atoms with van der Waals surface area (Å²) in [6, 6.07) is 12.2. The van der Waals surface area contributed by atoms with Crippen LogP contribution in [0.3, 0.4) is 0 Å². The van der Waals surface area contributed by atoms with Crippen molar-refractivity contribution in [2.45, 2.75) is 26.2 Å². The molecule has 0 aliphatic heterocycles. The van der Waals surface area contributed by atoms with E-state index < -0.39 is 0 Å². The number of aromatic nitrogens is 6. The lowest BCUT2D eigenvalue weighted by Crippen LogP contribution is -2.11. The fourth-order valence-electron chi connectivity index (χ4n) is 4.29. The van der Waals surface area contributed by atoms with Crippen LogP contribution in [0.5, 0.6) is 0 Å². The third-order valence-electron chi connectivity index (χ3n) is 6.09. The number of carbonyl (C=O) groups excluding carboxylic acids is 1. The molecule has 3 N–H and O–H groups in total. The van der Waals surface area contributed by atoms with Crippen LogP contribution in [0.25, 0.3) is 55.0 Å². The first kappa shape index (κ1) is 22.1. The number of H-pyrrole nitrogens is 2. The van der Waals surface area contributed by atoms with Gasteiger partial charge in [0.2, 0.25) is 5.91 Å². The Morgan fingerprint density at radius 2 is 1.97 bits per heavy atom. The SMILES string of the molecule is CCCCC(=O)Nc1cncc(-c2cnc3n[nH]c(-c4cc5c(-c6cccs6)nccc5[nH]4)c3c2)c1. The molecular weight excluding hydrogens is 470 g/mol. The number of thiophene rings is 1. The summed E-state index contributed by atoms with van der Waals surface area (Å²) in [5.74, 6) is -0.00304. The lowest BCUT2D eigenvalue weighted by atomic mass is 10.1. The number of aromatic amines is 2. The molecule has 0 aromatic carbocycles. The van der Waals surface area contributed by atoms with Gasteiger partial charge in [0.25, 0.3) is 0 Å². The number of pyridine rings is 3. The average molecular weight is 494 g/mol. The van der Waals surface area contributed by atoms with Crippen molar-refractivity contribution in [2.75, 3.05) is 5.32 Å². The van der Waals surface area contributed by atoms with Crippen LogP contribution in [0.4, 0.5) is 5.69 Å². The molecule has 6 aromatic rings. The summed E-state index contributed by atoms with van der Waals surface area (Å²) in [6.45, 7) is 2.07. The van der Waals surface area contributed by atoms with E-state index in [9.17, 15) is 4.79 Å². The molecule has 36 heavy (non-hydrogen) atoms. The van der Waals surface area contributed by atoms with Crippen LogP contribution in [0.2, 0.25) is 0 Å². The van der Waals surface area contributed by atoms with E-state index in [0.717, 1.165) is 62.2 Å². The maximum Gasteiger partial charge on any atom is 0.224 e. The van der Waals surface area contributed by atoms with Crippen molar-refractivity contribution in [2.24, 2.45) is 0 Å². The molecule has 0 aliphatic rings. The van der Waals surface area contributed by atoms with Crippen LogP contribution in [0.15, 0.2) is 66.6 Å². The Labute approximate surface area is 210 Å². The van der Waals surface area contributed by atoms with Gasteiger partial charge in [-0.2, -0.15) is 5.10 Å². The zero-order valence-electron chi connectivity index (χ0n) is 19.6. The lowest BCUT2D eigenvalue weighted by Gasteiger charge is -2.07.